The van der Waals surface area contributed by atoms with Crippen molar-refractivity contribution in [1.29, 1.82) is 0 Å². The minimum absolute atomic E-state index is 0.0711. The smallest absolute Gasteiger partial charge is 0.331 e. The first kappa shape index (κ1) is 14.6. The SMILES string of the molecule is Nc1ccc([N+](=O)[O-])c(Oc2cc(Cl)c(Cl)cc2Cl)n1. The van der Waals surface area contributed by atoms with Crippen LogP contribution in [0.15, 0.2) is 24.3 Å². The van der Waals surface area contributed by atoms with Gasteiger partial charge in [0.05, 0.1) is 20.0 Å². The van der Waals surface area contributed by atoms with Crippen LogP contribution >= 0.6 is 34.8 Å². The van der Waals surface area contributed by atoms with E-state index in [4.69, 9.17) is 45.3 Å². The molecule has 0 unspecified atom stereocenters. The Morgan fingerprint density at radius 2 is 1.80 bits per heavy atom. The highest BCUT2D eigenvalue weighted by Gasteiger charge is 2.19. The molecular formula is C11H6Cl3N3O3. The van der Waals surface area contributed by atoms with E-state index in [0.29, 0.717) is 0 Å². The van der Waals surface area contributed by atoms with Crippen molar-refractivity contribution in [3.8, 4) is 11.6 Å². The monoisotopic (exact) mass is 333 g/mol. The molecule has 0 bridgehead atoms. The van der Waals surface area contributed by atoms with Gasteiger partial charge in [-0.05, 0) is 12.1 Å². The van der Waals surface area contributed by atoms with Crippen LogP contribution in [0.25, 0.3) is 0 Å². The maximum Gasteiger partial charge on any atom is 0.331 e. The van der Waals surface area contributed by atoms with E-state index < -0.39 is 4.92 Å². The highest BCUT2D eigenvalue weighted by Crippen LogP contribution is 2.38. The van der Waals surface area contributed by atoms with Crippen LogP contribution in [0, 0.1) is 10.1 Å². The predicted molar refractivity (Wildman–Crippen MR) is 76.8 cm³/mol. The van der Waals surface area contributed by atoms with Gasteiger partial charge in [0.2, 0.25) is 0 Å². The lowest BCUT2D eigenvalue weighted by Gasteiger charge is -2.08. The molecule has 9 heteroatoms. The molecule has 6 nitrogen and oxygen atoms in total. The van der Waals surface area contributed by atoms with Gasteiger partial charge in [-0.3, -0.25) is 10.1 Å². The van der Waals surface area contributed by atoms with Crippen molar-refractivity contribution in [2.45, 2.75) is 0 Å². The standard InChI is InChI=1S/C11H6Cl3N3O3/c12-5-3-7(14)9(4-6(5)13)20-11-8(17(18)19)1-2-10(15)16-11/h1-4H,(H2,15,16). The van der Waals surface area contributed by atoms with Crippen LogP contribution in [0.5, 0.6) is 11.6 Å². The summed E-state index contributed by atoms with van der Waals surface area (Å²) in [4.78, 5) is 14.0. The number of aromatic nitrogens is 1. The number of nitrogens with zero attached hydrogens (tertiary/aromatic N) is 2. The lowest BCUT2D eigenvalue weighted by molar-refractivity contribution is -0.386. The number of hydrogen-bond acceptors (Lipinski definition) is 5. The minimum Gasteiger partial charge on any atom is -0.432 e. The molecule has 0 aliphatic rings. The molecule has 0 amide bonds. The molecule has 2 N–H and O–H groups in total. The Morgan fingerprint density at radius 1 is 1.15 bits per heavy atom. The van der Waals surface area contributed by atoms with E-state index in [-0.39, 0.29) is 38.2 Å². The van der Waals surface area contributed by atoms with Crippen LogP contribution in [0.3, 0.4) is 0 Å². The second-order valence-corrected chi connectivity index (χ2v) is 4.84. The second kappa shape index (κ2) is 5.70. The van der Waals surface area contributed by atoms with Gasteiger partial charge in [-0.2, -0.15) is 4.98 Å². The number of halogens is 3. The zero-order chi connectivity index (χ0) is 14.9. The molecule has 0 spiro atoms. The Morgan fingerprint density at radius 3 is 2.45 bits per heavy atom. The Bertz CT molecular complexity index is 694. The summed E-state index contributed by atoms with van der Waals surface area (Å²) in [6, 6.07) is 5.17. The zero-order valence-corrected chi connectivity index (χ0v) is 11.9. The van der Waals surface area contributed by atoms with Gasteiger partial charge in [-0.1, -0.05) is 34.8 Å². The van der Waals surface area contributed by atoms with Crippen LogP contribution in [-0.2, 0) is 0 Å². The van der Waals surface area contributed by atoms with Gasteiger partial charge >= 0.3 is 11.6 Å². The van der Waals surface area contributed by atoms with Crippen molar-refractivity contribution >= 4 is 46.3 Å². The highest BCUT2D eigenvalue weighted by atomic mass is 35.5. The van der Waals surface area contributed by atoms with E-state index in [1.165, 1.54) is 24.3 Å². The molecule has 2 rings (SSSR count). The molecule has 104 valence electrons. The molecule has 0 atom stereocenters. The average Bonchev–Trinajstić information content (AvgIpc) is 2.35. The number of nitro groups is 1. The van der Waals surface area contributed by atoms with Gasteiger partial charge < -0.3 is 10.5 Å². The Hall–Kier alpha value is -1.76. The van der Waals surface area contributed by atoms with Crippen molar-refractivity contribution in [3.05, 3.63) is 49.4 Å². The number of rotatable bonds is 3. The molecular weight excluding hydrogens is 328 g/mol. The van der Waals surface area contributed by atoms with Crippen LogP contribution in [-0.4, -0.2) is 9.91 Å². The quantitative estimate of drug-likeness (QED) is 0.512. The van der Waals surface area contributed by atoms with E-state index in [2.05, 4.69) is 4.98 Å². The van der Waals surface area contributed by atoms with Gasteiger partial charge in [0, 0.05) is 12.1 Å². The van der Waals surface area contributed by atoms with Crippen molar-refractivity contribution in [2.75, 3.05) is 5.73 Å². The predicted octanol–water partition coefficient (Wildman–Crippen LogP) is 4.32. The summed E-state index contributed by atoms with van der Waals surface area (Å²) < 4.78 is 5.31. The maximum atomic E-state index is 10.9. The molecule has 20 heavy (non-hydrogen) atoms. The van der Waals surface area contributed by atoms with Crippen LogP contribution < -0.4 is 10.5 Å². The molecule has 0 radical (unpaired) electrons. The van der Waals surface area contributed by atoms with Crippen molar-refractivity contribution in [1.82, 2.24) is 4.98 Å². The van der Waals surface area contributed by atoms with Crippen LogP contribution in [0.4, 0.5) is 11.5 Å². The highest BCUT2D eigenvalue weighted by molar-refractivity contribution is 6.43. The molecule has 1 aromatic heterocycles. The number of hydrogen-bond donors (Lipinski definition) is 1. The van der Waals surface area contributed by atoms with Crippen molar-refractivity contribution in [2.24, 2.45) is 0 Å². The third-order valence-electron chi connectivity index (χ3n) is 2.24. The van der Waals surface area contributed by atoms with Gasteiger partial charge in [0.15, 0.2) is 0 Å². The minimum atomic E-state index is -0.646. The summed E-state index contributed by atoms with van der Waals surface area (Å²) in [5, 5.41) is 11.5. The molecule has 1 heterocycles. The normalized spacial score (nSPS) is 10.3. The fourth-order valence-corrected chi connectivity index (χ4v) is 1.92. The zero-order valence-electron chi connectivity index (χ0n) is 9.64. The molecule has 2 aromatic rings. The second-order valence-electron chi connectivity index (χ2n) is 3.62. The largest absolute Gasteiger partial charge is 0.432 e. The molecule has 0 saturated carbocycles. The van der Waals surface area contributed by atoms with E-state index in [9.17, 15) is 10.1 Å². The van der Waals surface area contributed by atoms with Gasteiger partial charge in [-0.15, -0.1) is 0 Å². The number of nitrogens with two attached hydrogens (primary N) is 1. The van der Waals surface area contributed by atoms with E-state index >= 15 is 0 Å². The third kappa shape index (κ3) is 3.04. The van der Waals surface area contributed by atoms with Crippen LogP contribution in [0.2, 0.25) is 15.1 Å². The summed E-state index contributed by atoms with van der Waals surface area (Å²) >= 11 is 17.5. The van der Waals surface area contributed by atoms with E-state index in [1.807, 2.05) is 0 Å². The fourth-order valence-electron chi connectivity index (χ4n) is 1.35. The fraction of sp³-hybridized carbons (Fsp3) is 0. The Balaban J connectivity index is 2.47. The molecule has 0 aliphatic carbocycles. The van der Waals surface area contributed by atoms with E-state index in [1.54, 1.807) is 0 Å². The van der Waals surface area contributed by atoms with Crippen molar-refractivity contribution < 1.29 is 9.66 Å². The lowest BCUT2D eigenvalue weighted by atomic mass is 10.3. The molecule has 0 fully saturated rings. The summed E-state index contributed by atoms with van der Waals surface area (Å²) in [6.45, 7) is 0. The first-order valence-electron chi connectivity index (χ1n) is 5.12. The number of benzene rings is 1. The number of ether oxygens (including phenoxy) is 1. The Labute approximate surface area is 128 Å². The lowest BCUT2D eigenvalue weighted by Crippen LogP contribution is -1.99. The first-order valence-corrected chi connectivity index (χ1v) is 6.25. The van der Waals surface area contributed by atoms with Crippen LogP contribution in [0.1, 0.15) is 0 Å². The summed E-state index contributed by atoms with van der Waals surface area (Å²) in [5.74, 6) is -0.126. The topological polar surface area (TPSA) is 91.3 Å². The van der Waals surface area contributed by atoms with Gasteiger partial charge in [0.25, 0.3) is 0 Å². The number of pyridine rings is 1. The van der Waals surface area contributed by atoms with Crippen molar-refractivity contribution in [3.63, 3.8) is 0 Å². The summed E-state index contributed by atoms with van der Waals surface area (Å²) in [6.07, 6.45) is 0. The maximum absolute atomic E-state index is 10.9. The third-order valence-corrected chi connectivity index (χ3v) is 3.26. The summed E-state index contributed by atoms with van der Waals surface area (Å²) in [7, 11) is 0. The number of anilines is 1. The summed E-state index contributed by atoms with van der Waals surface area (Å²) in [5.41, 5.74) is 5.13. The first-order chi connectivity index (χ1) is 9.38. The van der Waals surface area contributed by atoms with Gasteiger partial charge in [-0.25, -0.2) is 0 Å². The molecule has 1 aromatic carbocycles. The Kier molecular flexibility index (Phi) is 4.17. The number of nitrogen functional groups attached to an aromatic ring is 1. The molecule has 0 aliphatic heterocycles. The average molecular weight is 335 g/mol. The molecule has 0 saturated heterocycles. The van der Waals surface area contributed by atoms with Gasteiger partial charge in [0.1, 0.15) is 11.6 Å². The van der Waals surface area contributed by atoms with E-state index in [0.717, 1.165) is 0 Å².